The lowest BCUT2D eigenvalue weighted by molar-refractivity contribution is 0.112. The molecular weight excluding hydrogens is 240 g/mol. The van der Waals surface area contributed by atoms with Crippen LogP contribution in [-0.4, -0.2) is 18.5 Å². The molecule has 2 aromatic carbocycles. The van der Waals surface area contributed by atoms with E-state index < -0.39 is 0 Å². The maximum atomic E-state index is 10.8. The average molecular weight is 256 g/mol. The van der Waals surface area contributed by atoms with Gasteiger partial charge in [0.15, 0.2) is 6.29 Å². The van der Waals surface area contributed by atoms with Crippen LogP contribution in [-0.2, 0) is 12.8 Å². The number of aldehydes is 1. The molecule has 0 unspecified atom stereocenters. The standard InChI is InChI=1S/C16H16O3/c1-19-15-7-4-12(5-8-15)2-3-13-6-9-16(18)14(10-13)11-17/h4-11,18H,2-3H2,1H3. The minimum Gasteiger partial charge on any atom is -0.507 e. The Bertz CT molecular complexity index is 559. The summed E-state index contributed by atoms with van der Waals surface area (Å²) >= 11 is 0. The number of carbonyl (C=O) groups is 1. The first-order chi connectivity index (χ1) is 9.22. The molecule has 0 aromatic heterocycles. The highest BCUT2D eigenvalue weighted by Crippen LogP contribution is 2.18. The summed E-state index contributed by atoms with van der Waals surface area (Å²) in [6.07, 6.45) is 2.38. The summed E-state index contributed by atoms with van der Waals surface area (Å²) in [6, 6.07) is 13.1. The van der Waals surface area contributed by atoms with Gasteiger partial charge in [0, 0.05) is 0 Å². The Labute approximate surface area is 112 Å². The van der Waals surface area contributed by atoms with Crippen molar-refractivity contribution < 1.29 is 14.6 Å². The van der Waals surface area contributed by atoms with E-state index in [1.165, 1.54) is 5.56 Å². The van der Waals surface area contributed by atoms with E-state index in [-0.39, 0.29) is 5.75 Å². The molecule has 0 aliphatic carbocycles. The van der Waals surface area contributed by atoms with E-state index in [0.717, 1.165) is 24.2 Å². The van der Waals surface area contributed by atoms with E-state index in [2.05, 4.69) is 0 Å². The molecule has 98 valence electrons. The first-order valence-corrected chi connectivity index (χ1v) is 6.13. The van der Waals surface area contributed by atoms with Crippen molar-refractivity contribution in [1.82, 2.24) is 0 Å². The van der Waals surface area contributed by atoms with Gasteiger partial charge in [-0.1, -0.05) is 18.2 Å². The summed E-state index contributed by atoms with van der Waals surface area (Å²) in [5.74, 6) is 0.875. The molecular formula is C16H16O3. The van der Waals surface area contributed by atoms with Crippen LogP contribution < -0.4 is 4.74 Å². The third kappa shape index (κ3) is 3.35. The fourth-order valence-corrected chi connectivity index (χ4v) is 1.93. The molecule has 0 bridgehead atoms. The Morgan fingerprint density at radius 1 is 1.05 bits per heavy atom. The number of phenols is 1. The number of carbonyl (C=O) groups excluding carboxylic acids is 1. The second-order valence-electron chi connectivity index (χ2n) is 4.36. The third-order valence-electron chi connectivity index (χ3n) is 3.08. The fourth-order valence-electron chi connectivity index (χ4n) is 1.93. The zero-order valence-corrected chi connectivity index (χ0v) is 10.8. The molecule has 0 fully saturated rings. The molecule has 3 heteroatoms. The molecule has 2 aromatic rings. The van der Waals surface area contributed by atoms with Crippen molar-refractivity contribution in [3.05, 3.63) is 59.2 Å². The Morgan fingerprint density at radius 2 is 1.68 bits per heavy atom. The summed E-state index contributed by atoms with van der Waals surface area (Å²) < 4.78 is 5.11. The van der Waals surface area contributed by atoms with E-state index >= 15 is 0 Å². The number of aryl methyl sites for hydroxylation is 2. The smallest absolute Gasteiger partial charge is 0.153 e. The first-order valence-electron chi connectivity index (χ1n) is 6.13. The van der Waals surface area contributed by atoms with Crippen LogP contribution in [0.5, 0.6) is 11.5 Å². The number of hydrogen-bond acceptors (Lipinski definition) is 3. The Hall–Kier alpha value is -2.29. The van der Waals surface area contributed by atoms with Crippen LogP contribution in [0.25, 0.3) is 0 Å². The summed E-state index contributed by atoms with van der Waals surface area (Å²) in [7, 11) is 1.65. The normalized spacial score (nSPS) is 10.2. The second-order valence-corrected chi connectivity index (χ2v) is 4.36. The number of rotatable bonds is 5. The van der Waals surface area contributed by atoms with Gasteiger partial charge < -0.3 is 9.84 Å². The van der Waals surface area contributed by atoms with E-state index in [0.29, 0.717) is 11.8 Å². The fraction of sp³-hybridized carbons (Fsp3) is 0.188. The van der Waals surface area contributed by atoms with E-state index in [1.54, 1.807) is 19.2 Å². The van der Waals surface area contributed by atoms with Crippen LogP contribution in [0.4, 0.5) is 0 Å². The number of phenolic OH excluding ortho intramolecular Hbond substituents is 1. The zero-order chi connectivity index (χ0) is 13.7. The molecule has 0 amide bonds. The minimum absolute atomic E-state index is 0.0307. The molecule has 0 spiro atoms. The van der Waals surface area contributed by atoms with Gasteiger partial charge in [0.2, 0.25) is 0 Å². The van der Waals surface area contributed by atoms with Gasteiger partial charge in [-0.15, -0.1) is 0 Å². The maximum absolute atomic E-state index is 10.8. The summed E-state index contributed by atoms with van der Waals surface area (Å²) in [5, 5.41) is 9.43. The van der Waals surface area contributed by atoms with Crippen LogP contribution in [0, 0.1) is 0 Å². The number of ether oxygens (including phenoxy) is 1. The SMILES string of the molecule is COc1ccc(CCc2ccc(O)c(C=O)c2)cc1. The van der Waals surface area contributed by atoms with Crippen molar-refractivity contribution in [2.24, 2.45) is 0 Å². The molecule has 0 saturated carbocycles. The van der Waals surface area contributed by atoms with Crippen LogP contribution in [0.1, 0.15) is 21.5 Å². The largest absolute Gasteiger partial charge is 0.507 e. The predicted octanol–water partition coefficient (Wildman–Crippen LogP) is 3.00. The van der Waals surface area contributed by atoms with Crippen LogP contribution >= 0.6 is 0 Å². The second kappa shape index (κ2) is 6.05. The van der Waals surface area contributed by atoms with Gasteiger partial charge in [-0.2, -0.15) is 0 Å². The van der Waals surface area contributed by atoms with Gasteiger partial charge in [0.1, 0.15) is 11.5 Å². The zero-order valence-electron chi connectivity index (χ0n) is 10.8. The summed E-state index contributed by atoms with van der Waals surface area (Å²) in [5.41, 5.74) is 2.59. The number of benzene rings is 2. The predicted molar refractivity (Wildman–Crippen MR) is 73.9 cm³/mol. The molecule has 3 nitrogen and oxygen atoms in total. The lowest BCUT2D eigenvalue weighted by Crippen LogP contribution is -1.93. The van der Waals surface area contributed by atoms with Crippen molar-refractivity contribution in [3.63, 3.8) is 0 Å². The van der Waals surface area contributed by atoms with E-state index in [1.807, 2.05) is 30.3 Å². The quantitative estimate of drug-likeness (QED) is 0.836. The van der Waals surface area contributed by atoms with Gasteiger partial charge in [0.05, 0.1) is 12.7 Å². The van der Waals surface area contributed by atoms with Gasteiger partial charge in [0.25, 0.3) is 0 Å². The van der Waals surface area contributed by atoms with Crippen molar-refractivity contribution >= 4 is 6.29 Å². The van der Waals surface area contributed by atoms with Crippen molar-refractivity contribution in [3.8, 4) is 11.5 Å². The highest BCUT2D eigenvalue weighted by Gasteiger charge is 2.02. The lowest BCUT2D eigenvalue weighted by atomic mass is 10.0. The molecule has 19 heavy (non-hydrogen) atoms. The number of aromatic hydroxyl groups is 1. The van der Waals surface area contributed by atoms with Crippen molar-refractivity contribution in [1.29, 1.82) is 0 Å². The van der Waals surface area contributed by atoms with Gasteiger partial charge >= 0.3 is 0 Å². The lowest BCUT2D eigenvalue weighted by Gasteiger charge is -2.05. The third-order valence-corrected chi connectivity index (χ3v) is 3.08. The van der Waals surface area contributed by atoms with E-state index in [4.69, 9.17) is 4.74 Å². The van der Waals surface area contributed by atoms with Crippen LogP contribution in [0.15, 0.2) is 42.5 Å². The molecule has 2 rings (SSSR count). The van der Waals surface area contributed by atoms with Crippen molar-refractivity contribution in [2.75, 3.05) is 7.11 Å². The summed E-state index contributed by atoms with van der Waals surface area (Å²) in [4.78, 5) is 10.8. The molecule has 0 heterocycles. The van der Waals surface area contributed by atoms with E-state index in [9.17, 15) is 9.90 Å². The van der Waals surface area contributed by atoms with Crippen molar-refractivity contribution in [2.45, 2.75) is 12.8 Å². The minimum atomic E-state index is 0.0307. The summed E-state index contributed by atoms with van der Waals surface area (Å²) in [6.45, 7) is 0. The van der Waals surface area contributed by atoms with Crippen LogP contribution in [0.3, 0.4) is 0 Å². The molecule has 1 N–H and O–H groups in total. The Balaban J connectivity index is 2.03. The van der Waals surface area contributed by atoms with Crippen LogP contribution in [0.2, 0.25) is 0 Å². The molecule has 0 radical (unpaired) electrons. The molecule has 0 aliphatic heterocycles. The maximum Gasteiger partial charge on any atom is 0.153 e. The highest BCUT2D eigenvalue weighted by molar-refractivity contribution is 5.79. The molecule has 0 saturated heterocycles. The van der Waals surface area contributed by atoms with Gasteiger partial charge in [-0.05, 0) is 48.2 Å². The topological polar surface area (TPSA) is 46.5 Å². The Morgan fingerprint density at radius 3 is 2.32 bits per heavy atom. The number of methoxy groups -OCH3 is 1. The average Bonchev–Trinajstić information content (AvgIpc) is 2.47. The van der Waals surface area contributed by atoms with Gasteiger partial charge in [-0.3, -0.25) is 4.79 Å². The van der Waals surface area contributed by atoms with Gasteiger partial charge in [-0.25, -0.2) is 0 Å². The monoisotopic (exact) mass is 256 g/mol. The first kappa shape index (κ1) is 13.1. The molecule has 0 atom stereocenters. The Kier molecular flexibility index (Phi) is 4.18. The number of hydrogen-bond donors (Lipinski definition) is 1. The molecule has 0 aliphatic rings. The highest BCUT2D eigenvalue weighted by atomic mass is 16.5.